The number of carbonyl (C=O) groups excluding carboxylic acids is 1. The fourth-order valence-corrected chi connectivity index (χ4v) is 3.53. The number of rotatable bonds is 8. The van der Waals surface area contributed by atoms with Crippen molar-refractivity contribution in [1.82, 2.24) is 4.90 Å². The lowest BCUT2D eigenvalue weighted by molar-refractivity contribution is -0.117. The molecule has 0 bridgehead atoms. The summed E-state index contributed by atoms with van der Waals surface area (Å²) in [4.78, 5) is 26.8. The van der Waals surface area contributed by atoms with Gasteiger partial charge in [-0.25, -0.2) is 4.79 Å². The molecule has 6 nitrogen and oxygen atoms in total. The summed E-state index contributed by atoms with van der Waals surface area (Å²) in [6.07, 6.45) is 0.888. The summed E-state index contributed by atoms with van der Waals surface area (Å²) >= 11 is 0. The Morgan fingerprint density at radius 2 is 1.87 bits per heavy atom. The number of nitrogens with one attached hydrogen (secondary N) is 1. The molecule has 1 N–H and O–H groups in total. The van der Waals surface area contributed by atoms with Crippen molar-refractivity contribution in [3.8, 4) is 5.75 Å². The van der Waals surface area contributed by atoms with E-state index in [4.69, 9.17) is 9.15 Å². The van der Waals surface area contributed by atoms with Gasteiger partial charge in [0.05, 0.1) is 19.3 Å². The molecule has 3 rings (SSSR count). The second kappa shape index (κ2) is 9.59. The van der Waals surface area contributed by atoms with Crippen LogP contribution < -0.4 is 15.7 Å². The van der Waals surface area contributed by atoms with E-state index in [1.165, 1.54) is 6.07 Å². The molecule has 0 fully saturated rings. The smallest absolute Gasteiger partial charge is 0.336 e. The van der Waals surface area contributed by atoms with E-state index in [1.807, 2.05) is 49.1 Å². The predicted octanol–water partition coefficient (Wildman–Crippen LogP) is 4.27. The van der Waals surface area contributed by atoms with E-state index in [0.717, 1.165) is 35.0 Å². The number of hydrogen-bond acceptors (Lipinski definition) is 5. The summed E-state index contributed by atoms with van der Waals surface area (Å²) < 4.78 is 10.7. The molecular formula is C24H28N2O4. The highest BCUT2D eigenvalue weighted by Crippen LogP contribution is 2.24. The molecule has 0 aliphatic rings. The van der Waals surface area contributed by atoms with Crippen LogP contribution in [-0.2, 0) is 11.3 Å². The zero-order valence-corrected chi connectivity index (χ0v) is 18.0. The highest BCUT2D eigenvalue weighted by molar-refractivity contribution is 5.93. The highest BCUT2D eigenvalue weighted by Gasteiger charge is 2.15. The Bertz CT molecular complexity index is 1100. The van der Waals surface area contributed by atoms with Crippen molar-refractivity contribution in [2.75, 3.05) is 25.5 Å². The van der Waals surface area contributed by atoms with Crippen LogP contribution in [0.25, 0.3) is 11.0 Å². The molecular weight excluding hydrogens is 380 g/mol. The number of nitrogens with zero attached hydrogens (tertiary/aromatic N) is 1. The highest BCUT2D eigenvalue weighted by atomic mass is 16.5. The number of ether oxygens (including phenoxy) is 1. The zero-order chi connectivity index (χ0) is 21.7. The van der Waals surface area contributed by atoms with Gasteiger partial charge in [0, 0.05) is 18.0 Å². The molecule has 1 aromatic heterocycles. The number of carbonyl (C=O) groups is 1. The molecule has 3 aromatic rings. The van der Waals surface area contributed by atoms with Gasteiger partial charge in [-0.15, -0.1) is 0 Å². The zero-order valence-electron chi connectivity index (χ0n) is 18.0. The number of anilines is 1. The Kier molecular flexibility index (Phi) is 6.90. The average Bonchev–Trinajstić information content (AvgIpc) is 2.70. The number of aryl methyl sites for hydroxylation is 2. The molecule has 0 aliphatic carbocycles. The topological polar surface area (TPSA) is 71.8 Å². The van der Waals surface area contributed by atoms with Crippen LogP contribution in [-0.4, -0.2) is 31.0 Å². The molecule has 0 radical (unpaired) electrons. The van der Waals surface area contributed by atoms with Crippen molar-refractivity contribution in [3.63, 3.8) is 0 Å². The first-order valence-electron chi connectivity index (χ1n) is 10.1. The number of para-hydroxylation sites is 2. The van der Waals surface area contributed by atoms with Crippen LogP contribution in [0.3, 0.4) is 0 Å². The second-order valence-corrected chi connectivity index (χ2v) is 7.48. The number of hydrogen-bond donors (Lipinski definition) is 1. The minimum absolute atomic E-state index is 0.132. The van der Waals surface area contributed by atoms with E-state index in [-0.39, 0.29) is 18.1 Å². The van der Waals surface area contributed by atoms with E-state index in [0.29, 0.717) is 23.6 Å². The van der Waals surface area contributed by atoms with Gasteiger partial charge in [0.25, 0.3) is 0 Å². The third-order valence-corrected chi connectivity index (χ3v) is 5.13. The monoisotopic (exact) mass is 408 g/mol. The summed E-state index contributed by atoms with van der Waals surface area (Å²) in [6, 6.07) is 12.8. The summed E-state index contributed by atoms with van der Waals surface area (Å²) in [7, 11) is 1.57. The normalized spacial score (nSPS) is 11.1. The van der Waals surface area contributed by atoms with Crippen LogP contribution in [0.1, 0.15) is 30.0 Å². The molecule has 0 saturated heterocycles. The predicted molar refractivity (Wildman–Crippen MR) is 119 cm³/mol. The fraction of sp³-hybridized carbons (Fsp3) is 0.333. The maximum atomic E-state index is 12.7. The van der Waals surface area contributed by atoms with Gasteiger partial charge in [-0.1, -0.05) is 19.1 Å². The molecule has 0 aliphatic heterocycles. The van der Waals surface area contributed by atoms with Gasteiger partial charge in [-0.2, -0.15) is 0 Å². The minimum atomic E-state index is -0.379. The first-order chi connectivity index (χ1) is 14.4. The third kappa shape index (κ3) is 5.07. The molecule has 0 saturated carbocycles. The van der Waals surface area contributed by atoms with Crippen LogP contribution in [0.2, 0.25) is 0 Å². The Balaban J connectivity index is 1.83. The second-order valence-electron chi connectivity index (χ2n) is 7.48. The molecule has 30 heavy (non-hydrogen) atoms. The van der Waals surface area contributed by atoms with Gasteiger partial charge in [-0.3, -0.25) is 9.69 Å². The Labute approximate surface area is 176 Å². The lowest BCUT2D eigenvalue weighted by Gasteiger charge is -2.22. The van der Waals surface area contributed by atoms with Gasteiger partial charge < -0.3 is 14.5 Å². The molecule has 0 spiro atoms. The summed E-state index contributed by atoms with van der Waals surface area (Å²) in [6.45, 7) is 7.51. The number of fused-ring (bicyclic) bond motifs is 1. The molecule has 6 heteroatoms. The molecule has 0 unspecified atom stereocenters. The largest absolute Gasteiger partial charge is 0.495 e. The maximum Gasteiger partial charge on any atom is 0.336 e. The van der Waals surface area contributed by atoms with E-state index in [2.05, 4.69) is 12.2 Å². The molecule has 1 amide bonds. The van der Waals surface area contributed by atoms with Gasteiger partial charge in [0.1, 0.15) is 11.3 Å². The van der Waals surface area contributed by atoms with Crippen molar-refractivity contribution in [3.05, 3.63) is 69.6 Å². The van der Waals surface area contributed by atoms with Crippen LogP contribution in [0.5, 0.6) is 5.75 Å². The van der Waals surface area contributed by atoms with Crippen LogP contribution in [0.4, 0.5) is 5.69 Å². The summed E-state index contributed by atoms with van der Waals surface area (Å²) in [5, 5.41) is 3.82. The molecule has 0 atom stereocenters. The van der Waals surface area contributed by atoms with E-state index >= 15 is 0 Å². The van der Waals surface area contributed by atoms with Crippen molar-refractivity contribution >= 4 is 22.6 Å². The van der Waals surface area contributed by atoms with Crippen molar-refractivity contribution < 1.29 is 13.9 Å². The molecule has 1 heterocycles. The van der Waals surface area contributed by atoms with Crippen molar-refractivity contribution in [2.45, 2.75) is 33.7 Å². The third-order valence-electron chi connectivity index (χ3n) is 5.13. The number of methoxy groups -OCH3 is 1. The van der Waals surface area contributed by atoms with Gasteiger partial charge >= 0.3 is 5.63 Å². The Morgan fingerprint density at radius 3 is 2.60 bits per heavy atom. The average molecular weight is 408 g/mol. The van der Waals surface area contributed by atoms with E-state index < -0.39 is 0 Å². The Hall–Kier alpha value is -3.12. The van der Waals surface area contributed by atoms with Gasteiger partial charge in [-0.05, 0) is 67.8 Å². The summed E-state index contributed by atoms with van der Waals surface area (Å²) in [5.41, 5.74) is 3.91. The van der Waals surface area contributed by atoms with Crippen molar-refractivity contribution in [1.29, 1.82) is 0 Å². The van der Waals surface area contributed by atoms with Crippen LogP contribution >= 0.6 is 0 Å². The first kappa shape index (κ1) is 21.6. The molecule has 2 aromatic carbocycles. The van der Waals surface area contributed by atoms with Crippen LogP contribution in [0.15, 0.2) is 51.7 Å². The number of amides is 1. The lowest BCUT2D eigenvalue weighted by Crippen LogP contribution is -2.33. The van der Waals surface area contributed by atoms with E-state index in [9.17, 15) is 9.59 Å². The number of benzene rings is 2. The quantitative estimate of drug-likeness (QED) is 0.564. The lowest BCUT2D eigenvalue weighted by atomic mass is 10.0. The molecule has 158 valence electrons. The Morgan fingerprint density at radius 1 is 1.13 bits per heavy atom. The van der Waals surface area contributed by atoms with Crippen LogP contribution in [0, 0.1) is 13.8 Å². The van der Waals surface area contributed by atoms with Gasteiger partial charge in [0.15, 0.2) is 0 Å². The summed E-state index contributed by atoms with van der Waals surface area (Å²) in [5.74, 6) is 0.484. The standard InChI is InChI=1S/C24H28N2O4/c1-5-10-26(15-23(27)25-20-8-6-7-9-21(20)29-4)14-18-13-24(28)30-22-12-17(3)16(2)11-19(18)22/h6-9,11-13H,5,10,14-15H2,1-4H3,(H,25,27). The van der Waals surface area contributed by atoms with E-state index in [1.54, 1.807) is 13.2 Å². The van der Waals surface area contributed by atoms with Gasteiger partial charge in [0.2, 0.25) is 5.91 Å². The minimum Gasteiger partial charge on any atom is -0.495 e. The van der Waals surface area contributed by atoms with Crippen molar-refractivity contribution in [2.24, 2.45) is 0 Å². The fourth-order valence-electron chi connectivity index (χ4n) is 3.53. The SMILES string of the molecule is CCCN(CC(=O)Nc1ccccc1OC)Cc1cc(=O)oc2cc(C)c(C)cc12. The maximum absolute atomic E-state index is 12.7. The first-order valence-corrected chi connectivity index (χ1v) is 10.1.